The van der Waals surface area contributed by atoms with Crippen molar-refractivity contribution in [2.24, 2.45) is 10.8 Å². The fraction of sp³-hybridized carbons (Fsp3) is 0.0588. The molecule has 0 aromatic heterocycles. The molecule has 3 amide bonds. The van der Waals surface area contributed by atoms with E-state index in [-0.39, 0.29) is 12.3 Å². The number of ether oxygens (including phenoxy) is 1. The summed E-state index contributed by atoms with van der Waals surface area (Å²) in [5.41, 5.74) is 7.88. The Kier molecular flexibility index (Phi) is 6.38. The maximum absolute atomic E-state index is 12.8. The zero-order valence-corrected chi connectivity index (χ0v) is 13.4. The van der Waals surface area contributed by atoms with E-state index in [1.165, 1.54) is 18.3 Å². The van der Waals surface area contributed by atoms with E-state index in [2.05, 4.69) is 15.8 Å². The van der Waals surface area contributed by atoms with Gasteiger partial charge in [0, 0.05) is 5.69 Å². The molecule has 2 aromatic rings. The van der Waals surface area contributed by atoms with Gasteiger partial charge in [0.25, 0.3) is 5.91 Å². The van der Waals surface area contributed by atoms with Crippen molar-refractivity contribution >= 4 is 29.6 Å². The number of benzene rings is 2. The molecule has 0 heterocycles. The van der Waals surface area contributed by atoms with Crippen molar-refractivity contribution in [3.05, 3.63) is 59.9 Å². The zero-order valence-electron chi connectivity index (χ0n) is 13.4. The summed E-state index contributed by atoms with van der Waals surface area (Å²) in [6.45, 7) is -0.263. The summed E-state index contributed by atoms with van der Waals surface area (Å²) >= 11 is 0. The molecule has 26 heavy (non-hydrogen) atoms. The van der Waals surface area contributed by atoms with E-state index in [9.17, 15) is 18.8 Å². The van der Waals surface area contributed by atoms with Crippen LogP contribution in [-0.4, -0.2) is 30.5 Å². The van der Waals surface area contributed by atoms with Crippen LogP contribution in [0.3, 0.4) is 0 Å². The third kappa shape index (κ3) is 6.04. The summed E-state index contributed by atoms with van der Waals surface area (Å²) in [5, 5.41) is 5.96. The number of amides is 3. The SMILES string of the molecule is NC(=O)COc1cccc(/C=N/NC(=O)C(=O)Nc2ccc(F)cc2)c1. The molecular formula is C17H15FN4O4. The summed E-state index contributed by atoms with van der Waals surface area (Å²) in [6.07, 6.45) is 1.29. The van der Waals surface area contributed by atoms with Crippen molar-refractivity contribution in [1.82, 2.24) is 5.43 Å². The van der Waals surface area contributed by atoms with E-state index in [4.69, 9.17) is 10.5 Å². The van der Waals surface area contributed by atoms with E-state index < -0.39 is 23.5 Å². The molecule has 134 valence electrons. The van der Waals surface area contributed by atoms with Crippen molar-refractivity contribution < 1.29 is 23.5 Å². The third-order valence-corrected chi connectivity index (χ3v) is 2.93. The molecule has 0 aliphatic carbocycles. The molecule has 0 aliphatic heterocycles. The Hall–Kier alpha value is -3.75. The van der Waals surface area contributed by atoms with Gasteiger partial charge in [0.15, 0.2) is 6.61 Å². The molecule has 0 unspecified atom stereocenters. The number of rotatable bonds is 6. The van der Waals surface area contributed by atoms with E-state index in [1.807, 2.05) is 0 Å². The van der Waals surface area contributed by atoms with Crippen LogP contribution in [-0.2, 0) is 14.4 Å². The Bertz CT molecular complexity index is 837. The van der Waals surface area contributed by atoms with Crippen LogP contribution in [0.1, 0.15) is 5.56 Å². The Labute approximate surface area is 147 Å². The lowest BCUT2D eigenvalue weighted by Gasteiger charge is -2.04. The van der Waals surface area contributed by atoms with Gasteiger partial charge in [0.05, 0.1) is 6.21 Å². The van der Waals surface area contributed by atoms with E-state index >= 15 is 0 Å². The Morgan fingerprint density at radius 2 is 1.85 bits per heavy atom. The van der Waals surface area contributed by atoms with Gasteiger partial charge in [0.2, 0.25) is 0 Å². The van der Waals surface area contributed by atoms with Crippen molar-refractivity contribution in [3.8, 4) is 5.75 Å². The second kappa shape index (κ2) is 8.92. The highest BCUT2D eigenvalue weighted by Crippen LogP contribution is 2.11. The van der Waals surface area contributed by atoms with Gasteiger partial charge in [-0.2, -0.15) is 5.10 Å². The van der Waals surface area contributed by atoms with E-state index in [0.29, 0.717) is 11.3 Å². The van der Waals surface area contributed by atoms with Gasteiger partial charge in [-0.05, 0) is 42.0 Å². The molecule has 8 nitrogen and oxygen atoms in total. The van der Waals surface area contributed by atoms with Crippen molar-refractivity contribution in [1.29, 1.82) is 0 Å². The molecule has 0 atom stereocenters. The Morgan fingerprint density at radius 1 is 1.12 bits per heavy atom. The number of carbonyl (C=O) groups excluding carboxylic acids is 3. The van der Waals surface area contributed by atoms with Crippen LogP contribution in [0.15, 0.2) is 53.6 Å². The van der Waals surface area contributed by atoms with Crippen LogP contribution < -0.4 is 21.2 Å². The first-order chi connectivity index (χ1) is 12.4. The van der Waals surface area contributed by atoms with Crippen LogP contribution in [0.2, 0.25) is 0 Å². The minimum absolute atomic E-state index is 0.263. The number of hydrogen-bond donors (Lipinski definition) is 3. The monoisotopic (exact) mass is 358 g/mol. The number of nitrogens with one attached hydrogen (secondary N) is 2. The normalized spacial score (nSPS) is 10.3. The minimum atomic E-state index is -0.994. The number of carbonyl (C=O) groups is 3. The van der Waals surface area contributed by atoms with Gasteiger partial charge in [0.1, 0.15) is 11.6 Å². The quantitative estimate of drug-likeness (QED) is 0.401. The lowest BCUT2D eigenvalue weighted by Crippen LogP contribution is -2.32. The largest absolute Gasteiger partial charge is 0.484 e. The van der Waals surface area contributed by atoms with E-state index in [0.717, 1.165) is 12.1 Å². The number of primary amides is 1. The van der Waals surface area contributed by atoms with Crippen LogP contribution in [0.5, 0.6) is 5.75 Å². The molecule has 0 radical (unpaired) electrons. The molecule has 0 spiro atoms. The standard InChI is InChI=1S/C17H15FN4O4/c18-12-4-6-13(7-5-12)21-16(24)17(25)22-20-9-11-2-1-3-14(8-11)26-10-15(19)23/h1-9H,10H2,(H2,19,23)(H,21,24)(H,22,25)/b20-9+. The minimum Gasteiger partial charge on any atom is -0.484 e. The van der Waals surface area contributed by atoms with Crippen LogP contribution in [0.4, 0.5) is 10.1 Å². The zero-order chi connectivity index (χ0) is 18.9. The number of nitrogens with zero attached hydrogens (tertiary/aromatic N) is 1. The number of anilines is 1. The van der Waals surface area contributed by atoms with Gasteiger partial charge in [-0.15, -0.1) is 0 Å². The Balaban J connectivity index is 1.87. The van der Waals surface area contributed by atoms with Crippen LogP contribution in [0.25, 0.3) is 0 Å². The molecule has 0 saturated heterocycles. The summed E-state index contributed by atoms with van der Waals surface area (Å²) in [7, 11) is 0. The predicted octanol–water partition coefficient (Wildman–Crippen LogP) is 0.779. The average Bonchev–Trinajstić information content (AvgIpc) is 2.62. The third-order valence-electron chi connectivity index (χ3n) is 2.93. The number of nitrogens with two attached hydrogens (primary N) is 1. The summed E-state index contributed by atoms with van der Waals surface area (Å²) in [6, 6.07) is 11.5. The van der Waals surface area contributed by atoms with Crippen LogP contribution >= 0.6 is 0 Å². The highest BCUT2D eigenvalue weighted by Gasteiger charge is 2.12. The molecule has 0 saturated carbocycles. The molecule has 2 rings (SSSR count). The molecule has 0 aliphatic rings. The topological polar surface area (TPSA) is 123 Å². The van der Waals surface area contributed by atoms with Gasteiger partial charge in [-0.1, -0.05) is 12.1 Å². The first-order valence-corrected chi connectivity index (χ1v) is 7.35. The molecule has 0 fully saturated rings. The first-order valence-electron chi connectivity index (χ1n) is 7.35. The smallest absolute Gasteiger partial charge is 0.329 e. The molecular weight excluding hydrogens is 343 g/mol. The first kappa shape index (κ1) is 18.6. The van der Waals surface area contributed by atoms with Gasteiger partial charge in [-0.25, -0.2) is 9.82 Å². The number of hydrazone groups is 1. The summed E-state index contributed by atoms with van der Waals surface area (Å²) in [4.78, 5) is 34.0. The van der Waals surface area contributed by atoms with Gasteiger partial charge in [-0.3, -0.25) is 14.4 Å². The molecule has 9 heteroatoms. The number of halogens is 1. The summed E-state index contributed by atoms with van der Waals surface area (Å²) in [5.74, 6) is -2.62. The average molecular weight is 358 g/mol. The molecule has 0 bridgehead atoms. The maximum Gasteiger partial charge on any atom is 0.329 e. The second-order valence-electron chi connectivity index (χ2n) is 4.99. The predicted molar refractivity (Wildman–Crippen MR) is 91.9 cm³/mol. The highest BCUT2D eigenvalue weighted by molar-refractivity contribution is 6.39. The van der Waals surface area contributed by atoms with Crippen molar-refractivity contribution in [3.63, 3.8) is 0 Å². The van der Waals surface area contributed by atoms with Gasteiger partial charge >= 0.3 is 11.8 Å². The van der Waals surface area contributed by atoms with Crippen LogP contribution in [0, 0.1) is 5.82 Å². The van der Waals surface area contributed by atoms with Gasteiger partial charge < -0.3 is 15.8 Å². The molecule has 2 aromatic carbocycles. The van der Waals surface area contributed by atoms with Crippen molar-refractivity contribution in [2.45, 2.75) is 0 Å². The highest BCUT2D eigenvalue weighted by atomic mass is 19.1. The lowest BCUT2D eigenvalue weighted by molar-refractivity contribution is -0.136. The number of hydrogen-bond acceptors (Lipinski definition) is 5. The van der Waals surface area contributed by atoms with E-state index in [1.54, 1.807) is 24.3 Å². The Morgan fingerprint density at radius 3 is 2.54 bits per heavy atom. The maximum atomic E-state index is 12.8. The lowest BCUT2D eigenvalue weighted by atomic mass is 10.2. The summed E-state index contributed by atoms with van der Waals surface area (Å²) < 4.78 is 17.9. The fourth-order valence-corrected chi connectivity index (χ4v) is 1.78. The second-order valence-corrected chi connectivity index (χ2v) is 4.99. The molecule has 4 N–H and O–H groups in total. The van der Waals surface area contributed by atoms with Crippen molar-refractivity contribution in [2.75, 3.05) is 11.9 Å². The fourth-order valence-electron chi connectivity index (χ4n) is 1.78.